The molecule has 102 valence electrons. The molecule has 2 aromatic heterocycles. The molecule has 1 aliphatic heterocycles. The van der Waals surface area contributed by atoms with E-state index in [-0.39, 0.29) is 0 Å². The van der Waals surface area contributed by atoms with Gasteiger partial charge in [-0.25, -0.2) is 4.98 Å². The molecule has 3 heterocycles. The summed E-state index contributed by atoms with van der Waals surface area (Å²) in [5.74, 6) is 0.624. The van der Waals surface area contributed by atoms with Crippen LogP contribution in [0.4, 0.5) is 0 Å². The van der Waals surface area contributed by atoms with Gasteiger partial charge in [-0.05, 0) is 44.9 Å². The first kappa shape index (κ1) is 12.9. The van der Waals surface area contributed by atoms with Crippen LogP contribution in [0.1, 0.15) is 39.8 Å². The average Bonchev–Trinajstić information content (AvgIpc) is 2.99. The van der Waals surface area contributed by atoms with E-state index in [9.17, 15) is 0 Å². The standard InChI is InChI=1S/C15H21N3S/c1-11-6-14(19-12(11)2)9-18-10-17-8-15(18)13-4-3-5-16-7-13/h6,8,10,13,16H,3-5,7,9H2,1-2H3. The molecule has 19 heavy (non-hydrogen) atoms. The minimum absolute atomic E-state index is 0.624. The lowest BCUT2D eigenvalue weighted by Gasteiger charge is -2.23. The summed E-state index contributed by atoms with van der Waals surface area (Å²) < 4.78 is 2.32. The van der Waals surface area contributed by atoms with E-state index in [1.807, 2.05) is 23.9 Å². The highest BCUT2D eigenvalue weighted by atomic mass is 32.1. The number of rotatable bonds is 3. The summed E-state index contributed by atoms with van der Waals surface area (Å²) >= 11 is 1.90. The molecular weight excluding hydrogens is 254 g/mol. The van der Waals surface area contributed by atoms with Crippen molar-refractivity contribution in [3.8, 4) is 0 Å². The molecule has 3 nitrogen and oxygen atoms in total. The summed E-state index contributed by atoms with van der Waals surface area (Å²) in [4.78, 5) is 7.22. The number of nitrogens with zero attached hydrogens (tertiary/aromatic N) is 2. The summed E-state index contributed by atoms with van der Waals surface area (Å²) in [5, 5.41) is 3.49. The SMILES string of the molecule is Cc1cc(Cn2cncc2C2CCCNC2)sc1C. The van der Waals surface area contributed by atoms with Crippen molar-refractivity contribution in [1.29, 1.82) is 0 Å². The summed E-state index contributed by atoms with van der Waals surface area (Å²) in [6.45, 7) is 7.60. The lowest BCUT2D eigenvalue weighted by molar-refractivity contribution is 0.444. The second-order valence-corrected chi connectivity index (χ2v) is 6.78. The Balaban J connectivity index is 1.79. The van der Waals surface area contributed by atoms with Gasteiger partial charge in [-0.3, -0.25) is 0 Å². The third-order valence-corrected chi connectivity index (χ3v) is 5.14. The number of imidazole rings is 1. The van der Waals surface area contributed by atoms with Gasteiger partial charge in [0.25, 0.3) is 0 Å². The Morgan fingerprint density at radius 1 is 1.47 bits per heavy atom. The van der Waals surface area contributed by atoms with Crippen molar-refractivity contribution in [2.24, 2.45) is 0 Å². The smallest absolute Gasteiger partial charge is 0.0951 e. The minimum Gasteiger partial charge on any atom is -0.329 e. The van der Waals surface area contributed by atoms with Crippen LogP contribution in [0, 0.1) is 13.8 Å². The Kier molecular flexibility index (Phi) is 3.71. The van der Waals surface area contributed by atoms with Crippen LogP contribution in [-0.4, -0.2) is 22.6 Å². The Hall–Kier alpha value is -1.13. The zero-order valence-corrected chi connectivity index (χ0v) is 12.5. The molecule has 1 N–H and O–H groups in total. The Morgan fingerprint density at radius 2 is 2.37 bits per heavy atom. The first-order valence-corrected chi connectivity index (χ1v) is 7.82. The molecule has 0 spiro atoms. The maximum Gasteiger partial charge on any atom is 0.0951 e. The average molecular weight is 275 g/mol. The molecule has 0 amide bonds. The van der Waals surface area contributed by atoms with Crippen LogP contribution >= 0.6 is 11.3 Å². The third-order valence-electron chi connectivity index (χ3n) is 4.00. The van der Waals surface area contributed by atoms with Crippen LogP contribution in [0.5, 0.6) is 0 Å². The molecule has 1 atom stereocenters. The van der Waals surface area contributed by atoms with Gasteiger partial charge >= 0.3 is 0 Å². The Bertz CT molecular complexity index is 530. The van der Waals surface area contributed by atoms with Crippen molar-refractivity contribution in [2.45, 2.75) is 39.2 Å². The molecule has 2 aromatic rings. The fourth-order valence-electron chi connectivity index (χ4n) is 2.80. The number of nitrogens with one attached hydrogen (secondary N) is 1. The number of piperidine rings is 1. The highest BCUT2D eigenvalue weighted by molar-refractivity contribution is 7.12. The zero-order chi connectivity index (χ0) is 13.2. The van der Waals surface area contributed by atoms with E-state index >= 15 is 0 Å². The van der Waals surface area contributed by atoms with E-state index in [0.717, 1.165) is 19.6 Å². The maximum absolute atomic E-state index is 4.36. The summed E-state index contributed by atoms with van der Waals surface area (Å²) in [6.07, 6.45) is 6.58. The van der Waals surface area contributed by atoms with Gasteiger partial charge in [0, 0.05) is 34.1 Å². The van der Waals surface area contributed by atoms with E-state index in [1.54, 1.807) is 0 Å². The number of hydrogen-bond acceptors (Lipinski definition) is 3. The number of hydrogen-bond donors (Lipinski definition) is 1. The van der Waals surface area contributed by atoms with Crippen molar-refractivity contribution in [3.05, 3.63) is 39.6 Å². The topological polar surface area (TPSA) is 29.9 Å². The summed E-state index contributed by atoms with van der Waals surface area (Å²) in [6, 6.07) is 2.31. The van der Waals surface area contributed by atoms with Gasteiger partial charge in [-0.15, -0.1) is 11.3 Å². The van der Waals surface area contributed by atoms with Crippen molar-refractivity contribution >= 4 is 11.3 Å². The largest absolute Gasteiger partial charge is 0.329 e. The first-order valence-electron chi connectivity index (χ1n) is 7.00. The van der Waals surface area contributed by atoms with Crippen LogP contribution in [-0.2, 0) is 6.54 Å². The summed E-state index contributed by atoms with van der Waals surface area (Å²) in [7, 11) is 0. The van der Waals surface area contributed by atoms with Crippen LogP contribution in [0.3, 0.4) is 0 Å². The van der Waals surface area contributed by atoms with Crippen LogP contribution in [0.2, 0.25) is 0 Å². The molecule has 0 saturated carbocycles. The van der Waals surface area contributed by atoms with Gasteiger partial charge < -0.3 is 9.88 Å². The quantitative estimate of drug-likeness (QED) is 0.933. The van der Waals surface area contributed by atoms with Gasteiger partial charge in [0.15, 0.2) is 0 Å². The predicted molar refractivity (Wildman–Crippen MR) is 80.0 cm³/mol. The molecule has 4 heteroatoms. The van der Waals surface area contributed by atoms with E-state index in [1.165, 1.54) is 33.9 Å². The second kappa shape index (κ2) is 5.47. The van der Waals surface area contributed by atoms with Crippen LogP contribution in [0.25, 0.3) is 0 Å². The predicted octanol–water partition coefficient (Wildman–Crippen LogP) is 3.08. The molecule has 0 radical (unpaired) electrons. The Morgan fingerprint density at radius 3 is 3.05 bits per heavy atom. The molecule has 1 aliphatic rings. The van der Waals surface area contributed by atoms with Gasteiger partial charge in [-0.2, -0.15) is 0 Å². The number of aromatic nitrogens is 2. The molecule has 3 rings (SSSR count). The van der Waals surface area contributed by atoms with Crippen LogP contribution < -0.4 is 5.32 Å². The number of aryl methyl sites for hydroxylation is 2. The number of thiophene rings is 1. The van der Waals surface area contributed by atoms with Gasteiger partial charge in [0.05, 0.1) is 12.9 Å². The lowest BCUT2D eigenvalue weighted by atomic mass is 9.96. The highest BCUT2D eigenvalue weighted by Crippen LogP contribution is 2.26. The third kappa shape index (κ3) is 2.74. The molecule has 0 aromatic carbocycles. The van der Waals surface area contributed by atoms with E-state index in [0.29, 0.717) is 5.92 Å². The molecule has 0 bridgehead atoms. The first-order chi connectivity index (χ1) is 9.24. The summed E-state index contributed by atoms with van der Waals surface area (Å²) in [5.41, 5.74) is 2.79. The Labute approximate surface area is 118 Å². The lowest BCUT2D eigenvalue weighted by Crippen LogP contribution is -2.29. The van der Waals surface area contributed by atoms with Crippen molar-refractivity contribution < 1.29 is 0 Å². The van der Waals surface area contributed by atoms with E-state index in [2.05, 4.69) is 34.8 Å². The monoisotopic (exact) mass is 275 g/mol. The normalized spacial score (nSPS) is 19.8. The van der Waals surface area contributed by atoms with Crippen LogP contribution in [0.15, 0.2) is 18.6 Å². The fourth-order valence-corrected chi connectivity index (χ4v) is 3.86. The fraction of sp³-hybridized carbons (Fsp3) is 0.533. The van der Waals surface area contributed by atoms with E-state index in [4.69, 9.17) is 0 Å². The second-order valence-electron chi connectivity index (χ2n) is 5.44. The van der Waals surface area contributed by atoms with Crippen molar-refractivity contribution in [1.82, 2.24) is 14.9 Å². The molecule has 1 unspecified atom stereocenters. The molecular formula is C15H21N3S. The van der Waals surface area contributed by atoms with Crippen molar-refractivity contribution in [3.63, 3.8) is 0 Å². The molecule has 1 saturated heterocycles. The van der Waals surface area contributed by atoms with Gasteiger partial charge in [0.1, 0.15) is 0 Å². The minimum atomic E-state index is 0.624. The zero-order valence-electron chi connectivity index (χ0n) is 11.6. The molecule has 1 fully saturated rings. The van der Waals surface area contributed by atoms with Gasteiger partial charge in [-0.1, -0.05) is 0 Å². The highest BCUT2D eigenvalue weighted by Gasteiger charge is 2.19. The van der Waals surface area contributed by atoms with Crippen molar-refractivity contribution in [2.75, 3.05) is 13.1 Å². The molecule has 0 aliphatic carbocycles. The van der Waals surface area contributed by atoms with E-state index < -0.39 is 0 Å². The van der Waals surface area contributed by atoms with Gasteiger partial charge in [0.2, 0.25) is 0 Å². The maximum atomic E-state index is 4.36.